The summed E-state index contributed by atoms with van der Waals surface area (Å²) in [6, 6.07) is 16.2. The molecule has 0 radical (unpaired) electrons. The van der Waals surface area contributed by atoms with Gasteiger partial charge in [0.25, 0.3) is 11.9 Å². The van der Waals surface area contributed by atoms with Crippen molar-refractivity contribution in [1.82, 2.24) is 5.32 Å². The van der Waals surface area contributed by atoms with Crippen molar-refractivity contribution >= 4 is 11.9 Å². The van der Waals surface area contributed by atoms with E-state index in [4.69, 9.17) is 9.73 Å². The molecule has 25 heavy (non-hydrogen) atoms. The second-order valence-electron chi connectivity index (χ2n) is 6.24. The van der Waals surface area contributed by atoms with Crippen molar-refractivity contribution in [2.75, 3.05) is 6.61 Å². The Kier molecular flexibility index (Phi) is 5.49. The van der Waals surface area contributed by atoms with E-state index in [0.717, 1.165) is 24.8 Å². The van der Waals surface area contributed by atoms with Crippen LogP contribution in [0.3, 0.4) is 0 Å². The lowest BCUT2D eigenvalue weighted by atomic mass is 9.88. The highest BCUT2D eigenvalue weighted by atomic mass is 16.5. The lowest BCUT2D eigenvalue weighted by Gasteiger charge is -2.23. The topological polar surface area (TPSA) is 50.7 Å². The Morgan fingerprint density at radius 2 is 1.96 bits per heavy atom. The van der Waals surface area contributed by atoms with Gasteiger partial charge in [-0.05, 0) is 55.9 Å². The summed E-state index contributed by atoms with van der Waals surface area (Å²) in [5, 5.41) is 2.84. The van der Waals surface area contributed by atoms with Crippen molar-refractivity contribution in [3.05, 3.63) is 70.8 Å². The van der Waals surface area contributed by atoms with E-state index in [0.29, 0.717) is 18.2 Å². The molecule has 0 fully saturated rings. The van der Waals surface area contributed by atoms with E-state index in [1.54, 1.807) is 0 Å². The molecule has 0 saturated heterocycles. The molecule has 1 aliphatic rings. The Bertz CT molecular complexity index is 783. The highest BCUT2D eigenvalue weighted by Gasteiger charge is 2.21. The standard InChI is InChI=1S/C21H24N2O2/c1-3-25-21(23-20(24)17-12-6-4-9-15(17)2)22-19-14-8-11-16-10-5-7-13-18(16)19/h4-7,9-10,12-13,19H,3,8,11,14H2,1-2H3,(H,22,23,24)/t19-/m1/s1. The number of amidine groups is 1. The second-order valence-corrected chi connectivity index (χ2v) is 6.24. The van der Waals surface area contributed by atoms with Crippen LogP contribution in [0.15, 0.2) is 53.5 Å². The maximum Gasteiger partial charge on any atom is 0.292 e. The van der Waals surface area contributed by atoms with Gasteiger partial charge in [0.05, 0.1) is 12.6 Å². The van der Waals surface area contributed by atoms with Crippen molar-refractivity contribution in [2.24, 2.45) is 4.99 Å². The molecular formula is C21H24N2O2. The van der Waals surface area contributed by atoms with Crippen LogP contribution in [0.2, 0.25) is 0 Å². The third-order valence-corrected chi connectivity index (χ3v) is 4.50. The number of hydrogen-bond acceptors (Lipinski definition) is 3. The number of benzene rings is 2. The number of nitrogens with zero attached hydrogens (tertiary/aromatic N) is 1. The van der Waals surface area contributed by atoms with Gasteiger partial charge in [-0.3, -0.25) is 10.1 Å². The van der Waals surface area contributed by atoms with Crippen molar-refractivity contribution < 1.29 is 9.53 Å². The summed E-state index contributed by atoms with van der Waals surface area (Å²) in [5.74, 6) is -0.186. The fourth-order valence-electron chi connectivity index (χ4n) is 3.24. The minimum atomic E-state index is -0.186. The van der Waals surface area contributed by atoms with Crippen LogP contribution in [0, 0.1) is 6.92 Å². The highest BCUT2D eigenvalue weighted by Crippen LogP contribution is 2.32. The molecule has 0 spiro atoms. The van der Waals surface area contributed by atoms with Crippen molar-refractivity contribution in [3.8, 4) is 0 Å². The average molecular weight is 336 g/mol. The monoisotopic (exact) mass is 336 g/mol. The Morgan fingerprint density at radius 1 is 1.20 bits per heavy atom. The fourth-order valence-corrected chi connectivity index (χ4v) is 3.24. The Hall–Kier alpha value is -2.62. The van der Waals surface area contributed by atoms with Crippen LogP contribution < -0.4 is 5.32 Å². The SMILES string of the molecule is CCOC(=N[C@@H]1CCCc2ccccc21)NC(=O)c1ccccc1C. The van der Waals surface area contributed by atoms with Gasteiger partial charge >= 0.3 is 0 Å². The number of carbonyl (C=O) groups excluding carboxylic acids is 1. The van der Waals surface area contributed by atoms with Crippen LogP contribution >= 0.6 is 0 Å². The minimum absolute atomic E-state index is 0.0312. The van der Waals surface area contributed by atoms with Gasteiger partial charge in [0.2, 0.25) is 0 Å². The number of amides is 1. The number of ether oxygens (including phenoxy) is 1. The number of fused-ring (bicyclic) bond motifs is 1. The number of hydrogen-bond donors (Lipinski definition) is 1. The van der Waals surface area contributed by atoms with Crippen LogP contribution in [-0.2, 0) is 11.2 Å². The first-order valence-corrected chi connectivity index (χ1v) is 8.84. The molecule has 1 aliphatic carbocycles. The molecule has 1 N–H and O–H groups in total. The molecule has 4 heteroatoms. The number of carbonyl (C=O) groups is 1. The van der Waals surface area contributed by atoms with Gasteiger partial charge in [0, 0.05) is 5.56 Å². The summed E-state index contributed by atoms with van der Waals surface area (Å²) in [6.45, 7) is 4.27. The minimum Gasteiger partial charge on any atom is -0.465 e. The quantitative estimate of drug-likeness (QED) is 0.675. The summed E-state index contributed by atoms with van der Waals surface area (Å²) >= 11 is 0. The van der Waals surface area contributed by atoms with Gasteiger partial charge in [-0.2, -0.15) is 0 Å². The van der Waals surface area contributed by atoms with E-state index in [-0.39, 0.29) is 11.9 Å². The molecule has 0 bridgehead atoms. The maximum atomic E-state index is 12.6. The van der Waals surface area contributed by atoms with Crippen LogP contribution in [0.25, 0.3) is 0 Å². The number of rotatable bonds is 3. The lowest BCUT2D eigenvalue weighted by Crippen LogP contribution is -2.33. The first kappa shape index (κ1) is 17.2. The first-order valence-electron chi connectivity index (χ1n) is 8.84. The van der Waals surface area contributed by atoms with Crippen LogP contribution in [0.4, 0.5) is 0 Å². The second kappa shape index (κ2) is 7.97. The zero-order chi connectivity index (χ0) is 17.6. The average Bonchev–Trinajstić information content (AvgIpc) is 2.62. The molecule has 0 unspecified atom stereocenters. The van der Waals surface area contributed by atoms with Gasteiger partial charge in [-0.15, -0.1) is 0 Å². The van der Waals surface area contributed by atoms with Gasteiger partial charge in [-0.1, -0.05) is 42.5 Å². The largest absolute Gasteiger partial charge is 0.465 e. The predicted octanol–water partition coefficient (Wildman–Crippen LogP) is 4.19. The molecular weight excluding hydrogens is 312 g/mol. The molecule has 0 saturated carbocycles. The normalized spacial score (nSPS) is 16.9. The van der Waals surface area contributed by atoms with Crippen LogP contribution in [0.1, 0.15) is 52.9 Å². The highest BCUT2D eigenvalue weighted by molar-refractivity contribution is 6.05. The van der Waals surface area contributed by atoms with Gasteiger partial charge in [0.1, 0.15) is 0 Å². The molecule has 0 aromatic heterocycles. The summed E-state index contributed by atoms with van der Waals surface area (Å²) in [5.41, 5.74) is 4.14. The Labute approximate surface area is 148 Å². The summed E-state index contributed by atoms with van der Waals surface area (Å²) in [7, 11) is 0. The Morgan fingerprint density at radius 3 is 2.76 bits per heavy atom. The van der Waals surface area contributed by atoms with Crippen molar-refractivity contribution in [2.45, 2.75) is 39.2 Å². The third-order valence-electron chi connectivity index (χ3n) is 4.50. The molecule has 4 nitrogen and oxygen atoms in total. The Balaban J connectivity index is 1.83. The zero-order valence-corrected chi connectivity index (χ0v) is 14.8. The van der Waals surface area contributed by atoms with Crippen molar-refractivity contribution in [1.29, 1.82) is 0 Å². The third kappa shape index (κ3) is 4.08. The van der Waals surface area contributed by atoms with E-state index >= 15 is 0 Å². The summed E-state index contributed by atoms with van der Waals surface area (Å²) < 4.78 is 5.61. The van der Waals surface area contributed by atoms with E-state index < -0.39 is 0 Å². The lowest BCUT2D eigenvalue weighted by molar-refractivity contribution is 0.0965. The van der Waals surface area contributed by atoms with Crippen LogP contribution in [-0.4, -0.2) is 18.5 Å². The number of aliphatic imine (C=N–C) groups is 1. The molecule has 1 amide bonds. The van der Waals surface area contributed by atoms with Gasteiger partial charge < -0.3 is 4.74 Å². The molecule has 2 aromatic carbocycles. The zero-order valence-electron chi connectivity index (χ0n) is 14.8. The van der Waals surface area contributed by atoms with E-state index in [1.165, 1.54) is 11.1 Å². The van der Waals surface area contributed by atoms with Gasteiger partial charge in [0.15, 0.2) is 0 Å². The van der Waals surface area contributed by atoms with E-state index in [1.807, 2.05) is 44.2 Å². The molecule has 130 valence electrons. The molecule has 0 heterocycles. The molecule has 3 rings (SSSR count). The van der Waals surface area contributed by atoms with Gasteiger partial charge in [-0.25, -0.2) is 4.99 Å². The van der Waals surface area contributed by atoms with Crippen LogP contribution in [0.5, 0.6) is 0 Å². The smallest absolute Gasteiger partial charge is 0.292 e. The number of aryl methyl sites for hydroxylation is 2. The first-order chi connectivity index (χ1) is 12.2. The van der Waals surface area contributed by atoms with Crippen molar-refractivity contribution in [3.63, 3.8) is 0 Å². The maximum absolute atomic E-state index is 12.6. The number of nitrogens with one attached hydrogen (secondary N) is 1. The molecule has 2 aromatic rings. The van der Waals surface area contributed by atoms with E-state index in [9.17, 15) is 4.79 Å². The predicted molar refractivity (Wildman–Crippen MR) is 99.8 cm³/mol. The van der Waals surface area contributed by atoms with E-state index in [2.05, 4.69) is 23.5 Å². The molecule has 0 aliphatic heterocycles. The summed E-state index contributed by atoms with van der Waals surface area (Å²) in [6.07, 6.45) is 3.14. The molecule has 1 atom stereocenters. The summed E-state index contributed by atoms with van der Waals surface area (Å²) in [4.78, 5) is 17.3. The fraction of sp³-hybridized carbons (Fsp3) is 0.333.